The molecule has 8 heteroatoms. The Morgan fingerprint density at radius 1 is 0.232 bits per heavy atom. The van der Waals surface area contributed by atoms with E-state index in [0.717, 1.165) is 106 Å². The average molecular weight is 1210 g/mol. The van der Waals surface area contributed by atoms with Crippen LogP contribution in [-0.2, 0) is 0 Å². The topological polar surface area (TPSA) is 55.0 Å². The van der Waals surface area contributed by atoms with Crippen molar-refractivity contribution in [3.8, 4) is 78.9 Å². The van der Waals surface area contributed by atoms with Crippen molar-refractivity contribution in [1.82, 2.24) is 24.1 Å². The van der Waals surface area contributed by atoms with E-state index >= 15 is 0 Å². The second-order valence-corrected chi connectivity index (χ2v) is 24.6. The van der Waals surface area contributed by atoms with Gasteiger partial charge in [-0.15, -0.1) is 0 Å². The predicted octanol–water partition coefficient (Wildman–Crippen LogP) is 20.2. The number of para-hydroxylation sites is 7. The molecule has 2 aliphatic rings. The highest BCUT2D eigenvalue weighted by Crippen LogP contribution is 2.47. The molecule has 95 heavy (non-hydrogen) atoms. The van der Waals surface area contributed by atoms with E-state index in [-0.39, 0.29) is 6.71 Å². The molecule has 0 aliphatic carbocycles. The van der Waals surface area contributed by atoms with Gasteiger partial charge in [0.05, 0.1) is 27.8 Å². The minimum absolute atomic E-state index is 0.0648. The van der Waals surface area contributed by atoms with Gasteiger partial charge in [-0.25, -0.2) is 15.0 Å². The third-order valence-electron chi connectivity index (χ3n) is 19.3. The maximum absolute atomic E-state index is 5.45. The molecule has 17 aromatic rings. The molecule has 3 aromatic heterocycles. The Labute approximate surface area is 550 Å². The summed E-state index contributed by atoms with van der Waals surface area (Å²) in [7, 11) is 0. The van der Waals surface area contributed by atoms with Gasteiger partial charge >= 0.3 is 0 Å². The molecule has 0 atom stereocenters. The summed E-state index contributed by atoms with van der Waals surface area (Å²) in [6.45, 7) is 0.0648. The van der Waals surface area contributed by atoms with Crippen molar-refractivity contribution in [2.75, 3.05) is 9.80 Å². The van der Waals surface area contributed by atoms with E-state index in [0.29, 0.717) is 17.5 Å². The van der Waals surface area contributed by atoms with Crippen LogP contribution in [0.4, 0.5) is 34.1 Å². The van der Waals surface area contributed by atoms with Crippen molar-refractivity contribution < 1.29 is 0 Å². The van der Waals surface area contributed by atoms with Crippen LogP contribution in [0.3, 0.4) is 0 Å². The van der Waals surface area contributed by atoms with Crippen molar-refractivity contribution in [1.29, 1.82) is 0 Å². The Balaban J connectivity index is 0.781. The van der Waals surface area contributed by atoms with Crippen LogP contribution in [0, 0.1) is 0 Å². The number of benzene rings is 14. The number of nitrogens with zero attached hydrogens (tertiary/aromatic N) is 7. The third kappa shape index (κ3) is 8.79. The summed E-state index contributed by atoms with van der Waals surface area (Å²) >= 11 is 0. The molecule has 0 fully saturated rings. The van der Waals surface area contributed by atoms with Crippen molar-refractivity contribution >= 4 is 101 Å². The molecule has 442 valence electrons. The van der Waals surface area contributed by atoms with Crippen LogP contribution in [0.2, 0.25) is 0 Å². The zero-order valence-electron chi connectivity index (χ0n) is 51.5. The van der Waals surface area contributed by atoms with Gasteiger partial charge in [0, 0.05) is 83.6 Å². The summed E-state index contributed by atoms with van der Waals surface area (Å²) in [5.41, 5.74) is 26.6. The van der Waals surface area contributed by atoms with Gasteiger partial charge in [0.1, 0.15) is 0 Å². The Kier molecular flexibility index (Phi) is 12.6. The molecule has 14 aromatic carbocycles. The number of rotatable bonds is 10. The summed E-state index contributed by atoms with van der Waals surface area (Å²) in [5, 5.41) is 4.70. The van der Waals surface area contributed by atoms with Crippen molar-refractivity contribution in [2.45, 2.75) is 0 Å². The quantitative estimate of drug-likeness (QED) is 0.128. The summed E-state index contributed by atoms with van der Waals surface area (Å²) in [6.07, 6.45) is 0. The van der Waals surface area contributed by atoms with Gasteiger partial charge in [-0.3, -0.25) is 0 Å². The lowest BCUT2D eigenvalue weighted by molar-refractivity contribution is 1.06. The fourth-order valence-corrected chi connectivity index (χ4v) is 15.2. The van der Waals surface area contributed by atoms with E-state index in [2.05, 4.69) is 322 Å². The molecule has 0 radical (unpaired) electrons. The molecular weight excluding hydrogens is 1150 g/mol. The molecule has 5 heterocycles. The highest BCUT2D eigenvalue weighted by molar-refractivity contribution is 7.00. The second-order valence-electron chi connectivity index (χ2n) is 24.6. The monoisotopic (exact) mass is 1210 g/mol. The molecule has 0 amide bonds. The lowest BCUT2D eigenvalue weighted by Gasteiger charge is -2.44. The maximum Gasteiger partial charge on any atom is 0.252 e. The maximum atomic E-state index is 5.45. The molecule has 7 nitrogen and oxygen atoms in total. The summed E-state index contributed by atoms with van der Waals surface area (Å²) in [5.74, 6) is 1.78. The molecule has 0 N–H and O–H groups in total. The van der Waals surface area contributed by atoms with Crippen LogP contribution in [0.1, 0.15) is 0 Å². The number of hydrogen-bond donors (Lipinski definition) is 0. The smallest absolute Gasteiger partial charge is 0.252 e. The minimum Gasteiger partial charge on any atom is -0.311 e. The van der Waals surface area contributed by atoms with E-state index in [1.165, 1.54) is 49.9 Å². The van der Waals surface area contributed by atoms with Gasteiger partial charge in [-0.1, -0.05) is 237 Å². The van der Waals surface area contributed by atoms with Crippen LogP contribution in [-0.4, -0.2) is 30.8 Å². The number of anilines is 6. The summed E-state index contributed by atoms with van der Waals surface area (Å²) in [4.78, 5) is 21.0. The van der Waals surface area contributed by atoms with Crippen molar-refractivity contribution in [3.05, 3.63) is 340 Å². The van der Waals surface area contributed by atoms with Crippen LogP contribution >= 0.6 is 0 Å². The standard InChI is InChI=1S/C87H56BN7/c1-5-26-57(27-6-1)85-89-86(58-28-7-2-8-29-58)91-87(90-85)70-43-24-42-67(84(70)95-76-47-18-14-41-69(76)72-55-71-68-40-13-17-46-75(68)92(81(71)56-82(72)95)64-35-9-3-10-36-64)63-34-22-32-61(53-63)59-30-21-31-60(52-59)62-33-23-39-66(54-62)94-78-49-20-16-45-74(78)88-73-44-15-19-48-77(73)93(65-37-11-4-12-38-65)79-50-25-51-80(94)83(79)88/h1-56H. The first-order chi connectivity index (χ1) is 47.1. The van der Waals surface area contributed by atoms with E-state index in [1.54, 1.807) is 0 Å². The SMILES string of the molecule is c1ccc(-c2nc(-c3ccccc3)nc(-c3cccc(-c4cccc(-c5cccc(-c6cccc(N7c8ccccc8B8c9ccccc9N(c9ccccc9)c9cccc7c98)c6)c5)c4)c3-n3c4ccccc4c4cc5c6ccccc6n(-c6ccccc6)c5cc43)n2)cc1. The van der Waals surface area contributed by atoms with E-state index in [4.69, 9.17) is 15.0 Å². The Morgan fingerprint density at radius 3 is 1.24 bits per heavy atom. The van der Waals surface area contributed by atoms with Gasteiger partial charge in [0.15, 0.2) is 17.5 Å². The lowest BCUT2D eigenvalue weighted by Crippen LogP contribution is -2.61. The zero-order chi connectivity index (χ0) is 62.5. The number of hydrogen-bond acceptors (Lipinski definition) is 5. The lowest BCUT2D eigenvalue weighted by atomic mass is 9.33. The van der Waals surface area contributed by atoms with E-state index in [1.807, 2.05) is 36.4 Å². The first kappa shape index (κ1) is 54.1. The Bertz CT molecular complexity index is 5830. The average Bonchev–Trinajstić information content (AvgIpc) is 1.70. The van der Waals surface area contributed by atoms with Gasteiger partial charge in [-0.2, -0.15) is 0 Å². The van der Waals surface area contributed by atoms with Gasteiger partial charge < -0.3 is 18.9 Å². The largest absolute Gasteiger partial charge is 0.311 e. The molecule has 0 bridgehead atoms. The fourth-order valence-electron chi connectivity index (χ4n) is 15.2. The first-order valence-electron chi connectivity index (χ1n) is 32.4. The van der Waals surface area contributed by atoms with Crippen LogP contribution in [0.25, 0.3) is 123 Å². The van der Waals surface area contributed by atoms with Gasteiger partial charge in [-0.05, 0) is 147 Å². The van der Waals surface area contributed by atoms with Crippen LogP contribution < -0.4 is 26.2 Å². The minimum atomic E-state index is 0.0648. The summed E-state index contributed by atoms with van der Waals surface area (Å²) < 4.78 is 4.88. The van der Waals surface area contributed by atoms with Crippen LogP contribution in [0.15, 0.2) is 340 Å². The third-order valence-corrected chi connectivity index (χ3v) is 19.3. The molecule has 0 spiro atoms. The van der Waals surface area contributed by atoms with Crippen molar-refractivity contribution in [2.24, 2.45) is 0 Å². The Morgan fingerprint density at radius 2 is 0.632 bits per heavy atom. The van der Waals surface area contributed by atoms with E-state index < -0.39 is 0 Å². The zero-order valence-corrected chi connectivity index (χ0v) is 51.5. The number of aromatic nitrogens is 5. The molecule has 0 saturated carbocycles. The van der Waals surface area contributed by atoms with Crippen molar-refractivity contribution in [3.63, 3.8) is 0 Å². The second kappa shape index (κ2) is 22.0. The highest BCUT2D eigenvalue weighted by atomic mass is 15.2. The summed E-state index contributed by atoms with van der Waals surface area (Å²) in [6, 6.07) is 123. The highest BCUT2D eigenvalue weighted by Gasteiger charge is 2.43. The number of fused-ring (bicyclic) bond motifs is 10. The predicted molar refractivity (Wildman–Crippen MR) is 395 cm³/mol. The molecular formula is C87H56BN7. The fraction of sp³-hybridized carbons (Fsp3) is 0. The molecule has 19 rings (SSSR count). The molecule has 0 unspecified atom stereocenters. The van der Waals surface area contributed by atoms with Gasteiger partial charge in [0.25, 0.3) is 6.71 Å². The van der Waals surface area contributed by atoms with Gasteiger partial charge in [0.2, 0.25) is 0 Å². The molecule has 2 aliphatic heterocycles. The first-order valence-corrected chi connectivity index (χ1v) is 32.4. The van der Waals surface area contributed by atoms with Crippen LogP contribution in [0.5, 0.6) is 0 Å². The molecule has 0 saturated heterocycles. The Hall–Kier alpha value is -12.6. The van der Waals surface area contributed by atoms with E-state index in [9.17, 15) is 0 Å². The normalized spacial score (nSPS) is 12.4.